The highest BCUT2D eigenvalue weighted by molar-refractivity contribution is 6.30. The third-order valence-corrected chi connectivity index (χ3v) is 4.42. The van der Waals surface area contributed by atoms with Gasteiger partial charge in [0, 0.05) is 10.6 Å². The molecule has 1 aromatic heterocycles. The summed E-state index contributed by atoms with van der Waals surface area (Å²) in [6.45, 7) is 2.35. The van der Waals surface area contributed by atoms with E-state index in [4.69, 9.17) is 20.8 Å². The molecule has 1 aliphatic heterocycles. The van der Waals surface area contributed by atoms with Gasteiger partial charge < -0.3 is 9.15 Å². The predicted molar refractivity (Wildman–Crippen MR) is 87.0 cm³/mol. The number of piperidine rings is 1. The van der Waals surface area contributed by atoms with Crippen molar-refractivity contribution in [3.8, 4) is 11.3 Å². The summed E-state index contributed by atoms with van der Waals surface area (Å²) in [6, 6.07) is 7.48. The molecule has 0 N–H and O–H groups in total. The number of carbonyl (C=O) groups excluding carboxylic acids is 1. The molecule has 0 radical (unpaired) electrons. The van der Waals surface area contributed by atoms with E-state index in [1.165, 1.54) is 7.11 Å². The number of aromatic nitrogens is 1. The number of oxazole rings is 1. The smallest absolute Gasteiger partial charge is 0.308 e. The molecular weight excluding hydrogens is 316 g/mol. The van der Waals surface area contributed by atoms with Crippen molar-refractivity contribution in [1.82, 2.24) is 9.88 Å². The molecule has 0 saturated carbocycles. The van der Waals surface area contributed by atoms with Crippen LogP contribution in [0.15, 0.2) is 34.9 Å². The van der Waals surface area contributed by atoms with Crippen LogP contribution in [0.4, 0.5) is 0 Å². The number of methoxy groups -OCH3 is 1. The number of hydrogen-bond acceptors (Lipinski definition) is 5. The first-order valence-electron chi connectivity index (χ1n) is 7.66. The van der Waals surface area contributed by atoms with Crippen LogP contribution in [0.2, 0.25) is 5.02 Å². The highest BCUT2D eigenvalue weighted by Gasteiger charge is 2.26. The molecule has 3 rings (SSSR count). The van der Waals surface area contributed by atoms with E-state index < -0.39 is 0 Å². The summed E-state index contributed by atoms with van der Waals surface area (Å²) < 4.78 is 10.6. The average Bonchev–Trinajstić information content (AvgIpc) is 3.04. The number of benzene rings is 1. The van der Waals surface area contributed by atoms with Gasteiger partial charge in [0.15, 0.2) is 5.76 Å². The van der Waals surface area contributed by atoms with Crippen LogP contribution in [0.25, 0.3) is 11.3 Å². The standard InChI is InChI=1S/C17H19ClN2O3/c1-22-17(21)13-6-8-20(9-7-13)11-16-19-10-15(23-16)12-2-4-14(18)5-3-12/h2-5,10,13H,6-9,11H2,1H3. The van der Waals surface area contributed by atoms with E-state index >= 15 is 0 Å². The third kappa shape index (κ3) is 3.92. The number of carbonyl (C=O) groups is 1. The van der Waals surface area contributed by atoms with Crippen molar-refractivity contribution in [2.75, 3.05) is 20.2 Å². The molecule has 1 saturated heterocycles. The Kier molecular flexibility index (Phi) is 4.98. The molecule has 0 spiro atoms. The molecule has 0 aliphatic carbocycles. The van der Waals surface area contributed by atoms with Crippen LogP contribution in [0, 0.1) is 5.92 Å². The van der Waals surface area contributed by atoms with Crippen LogP contribution in [0.1, 0.15) is 18.7 Å². The summed E-state index contributed by atoms with van der Waals surface area (Å²) in [5, 5.41) is 0.696. The molecule has 23 heavy (non-hydrogen) atoms. The lowest BCUT2D eigenvalue weighted by Gasteiger charge is -2.29. The maximum Gasteiger partial charge on any atom is 0.308 e. The Morgan fingerprint density at radius 3 is 2.70 bits per heavy atom. The van der Waals surface area contributed by atoms with E-state index in [1.54, 1.807) is 6.20 Å². The molecule has 1 aromatic carbocycles. The monoisotopic (exact) mass is 334 g/mol. The molecule has 1 aliphatic rings. The largest absolute Gasteiger partial charge is 0.469 e. The summed E-state index contributed by atoms with van der Waals surface area (Å²) in [4.78, 5) is 18.1. The van der Waals surface area contributed by atoms with Gasteiger partial charge in [-0.05, 0) is 50.2 Å². The second kappa shape index (κ2) is 7.15. The molecule has 2 heterocycles. The molecule has 0 unspecified atom stereocenters. The van der Waals surface area contributed by atoms with E-state index in [-0.39, 0.29) is 11.9 Å². The van der Waals surface area contributed by atoms with E-state index in [1.807, 2.05) is 24.3 Å². The van der Waals surface area contributed by atoms with Gasteiger partial charge in [0.2, 0.25) is 5.89 Å². The van der Waals surface area contributed by atoms with Gasteiger partial charge in [-0.15, -0.1) is 0 Å². The average molecular weight is 335 g/mol. The summed E-state index contributed by atoms with van der Waals surface area (Å²) in [5.41, 5.74) is 0.956. The van der Waals surface area contributed by atoms with Crippen molar-refractivity contribution in [2.45, 2.75) is 19.4 Å². The van der Waals surface area contributed by atoms with Gasteiger partial charge in [-0.2, -0.15) is 0 Å². The van der Waals surface area contributed by atoms with Gasteiger partial charge in [0.1, 0.15) is 0 Å². The SMILES string of the molecule is COC(=O)C1CCN(Cc2ncc(-c3ccc(Cl)cc3)o2)CC1. The third-order valence-electron chi connectivity index (χ3n) is 4.16. The molecule has 0 amide bonds. The number of likely N-dealkylation sites (tertiary alicyclic amines) is 1. The first-order valence-corrected chi connectivity index (χ1v) is 8.04. The number of rotatable bonds is 4. The van der Waals surface area contributed by atoms with Crippen molar-refractivity contribution in [2.24, 2.45) is 5.92 Å². The molecule has 5 nitrogen and oxygen atoms in total. The first-order chi connectivity index (χ1) is 11.2. The highest BCUT2D eigenvalue weighted by atomic mass is 35.5. The van der Waals surface area contributed by atoms with Gasteiger partial charge in [-0.1, -0.05) is 11.6 Å². The zero-order valence-corrected chi connectivity index (χ0v) is 13.8. The molecule has 0 bridgehead atoms. The Balaban J connectivity index is 1.58. The molecule has 6 heteroatoms. The van der Waals surface area contributed by atoms with Crippen molar-refractivity contribution >= 4 is 17.6 Å². The van der Waals surface area contributed by atoms with Gasteiger partial charge in [0.25, 0.3) is 0 Å². The Morgan fingerprint density at radius 1 is 1.35 bits per heavy atom. The second-order valence-electron chi connectivity index (χ2n) is 5.70. The zero-order valence-electron chi connectivity index (χ0n) is 13.0. The Labute approximate surface area is 140 Å². The highest BCUT2D eigenvalue weighted by Crippen LogP contribution is 2.24. The quantitative estimate of drug-likeness (QED) is 0.802. The van der Waals surface area contributed by atoms with Gasteiger partial charge in [-0.25, -0.2) is 4.98 Å². The second-order valence-corrected chi connectivity index (χ2v) is 6.14. The maximum absolute atomic E-state index is 11.5. The topological polar surface area (TPSA) is 55.6 Å². The van der Waals surface area contributed by atoms with E-state index in [9.17, 15) is 4.79 Å². The molecular formula is C17H19ClN2O3. The summed E-state index contributed by atoms with van der Waals surface area (Å²) in [5.74, 6) is 1.34. The minimum absolute atomic E-state index is 0.0189. The van der Waals surface area contributed by atoms with Crippen LogP contribution in [-0.4, -0.2) is 36.1 Å². The normalized spacial score (nSPS) is 16.4. The van der Waals surface area contributed by atoms with Crippen LogP contribution in [-0.2, 0) is 16.1 Å². The number of ether oxygens (including phenoxy) is 1. The van der Waals surface area contributed by atoms with Crippen molar-refractivity contribution in [1.29, 1.82) is 0 Å². The number of esters is 1. The van der Waals surface area contributed by atoms with Crippen LogP contribution < -0.4 is 0 Å². The summed E-state index contributed by atoms with van der Waals surface area (Å²) in [6.07, 6.45) is 3.37. The molecule has 2 aromatic rings. The number of nitrogens with zero attached hydrogens (tertiary/aromatic N) is 2. The van der Waals surface area contributed by atoms with Crippen LogP contribution in [0.3, 0.4) is 0 Å². The Bertz CT molecular complexity index is 661. The molecule has 1 fully saturated rings. The molecule has 0 atom stereocenters. The predicted octanol–water partition coefficient (Wildman–Crippen LogP) is 3.38. The van der Waals surface area contributed by atoms with Crippen LogP contribution >= 0.6 is 11.6 Å². The number of halogens is 1. The maximum atomic E-state index is 11.5. The summed E-state index contributed by atoms with van der Waals surface area (Å²) in [7, 11) is 1.44. The van der Waals surface area contributed by atoms with Crippen molar-refractivity contribution in [3.05, 3.63) is 41.4 Å². The van der Waals surface area contributed by atoms with E-state index in [0.29, 0.717) is 17.5 Å². The first kappa shape index (κ1) is 16.0. The molecule has 122 valence electrons. The fourth-order valence-electron chi connectivity index (χ4n) is 2.82. The zero-order chi connectivity index (χ0) is 16.2. The van der Waals surface area contributed by atoms with E-state index in [0.717, 1.165) is 37.3 Å². The van der Waals surface area contributed by atoms with Gasteiger partial charge in [-0.3, -0.25) is 9.69 Å². The number of hydrogen-bond donors (Lipinski definition) is 0. The Hall–Kier alpha value is -1.85. The minimum Gasteiger partial charge on any atom is -0.469 e. The fraction of sp³-hybridized carbons (Fsp3) is 0.412. The van der Waals surface area contributed by atoms with Gasteiger partial charge in [0.05, 0.1) is 25.8 Å². The van der Waals surface area contributed by atoms with Crippen molar-refractivity contribution < 1.29 is 13.9 Å². The lowest BCUT2D eigenvalue weighted by atomic mass is 9.97. The van der Waals surface area contributed by atoms with Crippen LogP contribution in [0.5, 0.6) is 0 Å². The van der Waals surface area contributed by atoms with Gasteiger partial charge >= 0.3 is 5.97 Å². The lowest BCUT2D eigenvalue weighted by Crippen LogP contribution is -2.36. The summed E-state index contributed by atoms with van der Waals surface area (Å²) >= 11 is 5.89. The van der Waals surface area contributed by atoms with E-state index in [2.05, 4.69) is 9.88 Å². The fourth-order valence-corrected chi connectivity index (χ4v) is 2.94. The lowest BCUT2D eigenvalue weighted by molar-refractivity contribution is -0.147. The van der Waals surface area contributed by atoms with Crippen molar-refractivity contribution in [3.63, 3.8) is 0 Å². The minimum atomic E-state index is -0.106. The Morgan fingerprint density at radius 2 is 2.04 bits per heavy atom.